The Morgan fingerprint density at radius 3 is 2.50 bits per heavy atom. The maximum absolute atomic E-state index is 5.15. The van der Waals surface area contributed by atoms with Gasteiger partial charge in [-0.15, -0.1) is 0 Å². The first-order valence-corrected chi connectivity index (χ1v) is 6.58. The van der Waals surface area contributed by atoms with Crippen molar-refractivity contribution >= 4 is 0 Å². The topological polar surface area (TPSA) is 25.2 Å². The number of nitrogens with one attached hydrogen (secondary N) is 1. The van der Waals surface area contributed by atoms with Crippen molar-refractivity contribution in [2.45, 2.75) is 31.7 Å². The van der Waals surface area contributed by atoms with Crippen LogP contribution < -0.4 is 5.32 Å². The molecule has 0 fully saturated rings. The summed E-state index contributed by atoms with van der Waals surface area (Å²) in [5, 5.41) is 3.45. The Morgan fingerprint density at radius 2 is 1.94 bits per heavy atom. The molecule has 2 atom stereocenters. The van der Waals surface area contributed by atoms with Gasteiger partial charge >= 0.3 is 0 Å². The van der Waals surface area contributed by atoms with Crippen molar-refractivity contribution in [3.8, 4) is 0 Å². The van der Waals surface area contributed by atoms with Gasteiger partial charge in [0.15, 0.2) is 0 Å². The highest BCUT2D eigenvalue weighted by atomic mass is 16.3. The fraction of sp³-hybridized carbons (Fsp3) is 0.375. The number of benzene rings is 1. The molecule has 0 bridgehead atoms. The van der Waals surface area contributed by atoms with E-state index in [1.54, 1.807) is 6.26 Å². The van der Waals surface area contributed by atoms with Gasteiger partial charge in [-0.2, -0.15) is 0 Å². The van der Waals surface area contributed by atoms with Crippen molar-refractivity contribution < 1.29 is 4.42 Å². The summed E-state index contributed by atoms with van der Waals surface area (Å²) in [7, 11) is 2.04. The molecule has 0 saturated heterocycles. The molecule has 0 saturated carbocycles. The Kier molecular flexibility index (Phi) is 4.59. The Balaban J connectivity index is 2.14. The summed E-state index contributed by atoms with van der Waals surface area (Å²) in [6, 6.07) is 13.2. The van der Waals surface area contributed by atoms with Gasteiger partial charge in [-0.1, -0.05) is 37.3 Å². The molecule has 0 aliphatic carbocycles. The molecule has 1 aromatic carbocycles. The summed E-state index contributed by atoms with van der Waals surface area (Å²) in [6.07, 6.45) is 5.71. The Hall–Kier alpha value is -1.54. The van der Waals surface area contributed by atoms with Gasteiger partial charge in [0.05, 0.1) is 12.5 Å². The lowest BCUT2D eigenvalue weighted by atomic mass is 9.86. The molecule has 0 aliphatic rings. The molecule has 0 radical (unpaired) electrons. The highest BCUT2D eigenvalue weighted by Crippen LogP contribution is 2.25. The monoisotopic (exact) mass is 243 g/mol. The van der Waals surface area contributed by atoms with E-state index in [2.05, 4.69) is 42.6 Å². The molecule has 1 N–H and O–H groups in total. The standard InChI is InChI=1S/C16H21NO/c1-3-15(14-7-5-4-6-8-14)16(17-2)11-13-9-10-18-12-13/h4-10,12,15-17H,3,11H2,1-2H3. The molecule has 0 spiro atoms. The molecule has 2 aromatic rings. The van der Waals surface area contributed by atoms with Gasteiger partial charge in [0.25, 0.3) is 0 Å². The Bertz CT molecular complexity index is 435. The van der Waals surface area contributed by atoms with Crippen LogP contribution in [0.25, 0.3) is 0 Å². The van der Waals surface area contributed by atoms with Crippen LogP contribution >= 0.6 is 0 Å². The normalized spacial score (nSPS) is 14.3. The molecule has 2 unspecified atom stereocenters. The van der Waals surface area contributed by atoms with E-state index in [-0.39, 0.29) is 0 Å². The molecule has 0 amide bonds. The molecule has 18 heavy (non-hydrogen) atoms. The van der Waals surface area contributed by atoms with E-state index < -0.39 is 0 Å². The average molecular weight is 243 g/mol. The van der Waals surface area contributed by atoms with Gasteiger partial charge < -0.3 is 9.73 Å². The third kappa shape index (κ3) is 3.02. The number of likely N-dealkylation sites (N-methyl/N-ethyl adjacent to an activating group) is 1. The van der Waals surface area contributed by atoms with Crippen LogP contribution in [-0.2, 0) is 6.42 Å². The number of hydrogen-bond acceptors (Lipinski definition) is 2. The van der Waals surface area contributed by atoms with Crippen LogP contribution in [0.15, 0.2) is 53.3 Å². The molecule has 96 valence electrons. The fourth-order valence-electron chi connectivity index (χ4n) is 2.56. The van der Waals surface area contributed by atoms with Crippen LogP contribution in [0.4, 0.5) is 0 Å². The van der Waals surface area contributed by atoms with Gasteiger partial charge in [0.2, 0.25) is 0 Å². The second-order valence-corrected chi connectivity index (χ2v) is 4.66. The van der Waals surface area contributed by atoms with E-state index >= 15 is 0 Å². The van der Waals surface area contributed by atoms with Crippen molar-refractivity contribution in [2.24, 2.45) is 0 Å². The zero-order valence-electron chi connectivity index (χ0n) is 11.1. The quantitative estimate of drug-likeness (QED) is 0.838. The Morgan fingerprint density at radius 1 is 1.17 bits per heavy atom. The molecule has 0 aliphatic heterocycles. The predicted octanol–water partition coefficient (Wildman–Crippen LogP) is 3.60. The lowest BCUT2D eigenvalue weighted by Gasteiger charge is -2.26. The van der Waals surface area contributed by atoms with E-state index in [0.717, 1.165) is 12.8 Å². The van der Waals surface area contributed by atoms with Crippen molar-refractivity contribution in [2.75, 3.05) is 7.05 Å². The minimum Gasteiger partial charge on any atom is -0.472 e. The minimum absolute atomic E-state index is 0.440. The maximum atomic E-state index is 5.15. The lowest BCUT2D eigenvalue weighted by molar-refractivity contribution is 0.446. The molecular formula is C16H21NO. The van der Waals surface area contributed by atoms with Gasteiger partial charge in [-0.05, 0) is 43.0 Å². The average Bonchev–Trinajstić information content (AvgIpc) is 2.92. The largest absolute Gasteiger partial charge is 0.472 e. The van der Waals surface area contributed by atoms with E-state index in [1.807, 2.05) is 19.4 Å². The molecule has 2 heteroatoms. The van der Waals surface area contributed by atoms with Gasteiger partial charge in [-0.3, -0.25) is 0 Å². The first-order chi connectivity index (χ1) is 8.85. The van der Waals surface area contributed by atoms with Crippen LogP contribution in [-0.4, -0.2) is 13.1 Å². The lowest BCUT2D eigenvalue weighted by Crippen LogP contribution is -2.33. The molecule has 1 aromatic heterocycles. The van der Waals surface area contributed by atoms with E-state index in [4.69, 9.17) is 4.42 Å². The molecular weight excluding hydrogens is 222 g/mol. The second-order valence-electron chi connectivity index (χ2n) is 4.66. The zero-order chi connectivity index (χ0) is 12.8. The fourth-order valence-corrected chi connectivity index (χ4v) is 2.56. The van der Waals surface area contributed by atoms with Crippen molar-refractivity contribution in [1.82, 2.24) is 5.32 Å². The predicted molar refractivity (Wildman–Crippen MR) is 74.7 cm³/mol. The first-order valence-electron chi connectivity index (χ1n) is 6.58. The van der Waals surface area contributed by atoms with Crippen LogP contribution in [0.5, 0.6) is 0 Å². The van der Waals surface area contributed by atoms with Crippen molar-refractivity contribution in [3.05, 3.63) is 60.1 Å². The van der Waals surface area contributed by atoms with Gasteiger partial charge in [0, 0.05) is 6.04 Å². The van der Waals surface area contributed by atoms with Crippen LogP contribution in [0.2, 0.25) is 0 Å². The van der Waals surface area contributed by atoms with Gasteiger partial charge in [0.1, 0.15) is 0 Å². The van der Waals surface area contributed by atoms with E-state index in [1.165, 1.54) is 11.1 Å². The van der Waals surface area contributed by atoms with Crippen LogP contribution in [0.3, 0.4) is 0 Å². The smallest absolute Gasteiger partial charge is 0.0935 e. The molecule has 2 rings (SSSR count). The highest BCUT2D eigenvalue weighted by Gasteiger charge is 2.20. The summed E-state index contributed by atoms with van der Waals surface area (Å²) >= 11 is 0. The molecule has 2 nitrogen and oxygen atoms in total. The third-order valence-corrected chi connectivity index (χ3v) is 3.56. The first kappa shape index (κ1) is 12.9. The summed E-state index contributed by atoms with van der Waals surface area (Å²) in [4.78, 5) is 0. The summed E-state index contributed by atoms with van der Waals surface area (Å²) in [5.74, 6) is 0.533. The van der Waals surface area contributed by atoms with Crippen molar-refractivity contribution in [1.29, 1.82) is 0 Å². The summed E-state index contributed by atoms with van der Waals surface area (Å²) < 4.78 is 5.15. The van der Waals surface area contributed by atoms with Crippen LogP contribution in [0, 0.1) is 0 Å². The summed E-state index contributed by atoms with van der Waals surface area (Å²) in [5.41, 5.74) is 2.66. The van der Waals surface area contributed by atoms with E-state index in [9.17, 15) is 0 Å². The summed E-state index contributed by atoms with van der Waals surface area (Å²) in [6.45, 7) is 2.25. The maximum Gasteiger partial charge on any atom is 0.0935 e. The second kappa shape index (κ2) is 6.41. The van der Waals surface area contributed by atoms with Gasteiger partial charge in [-0.25, -0.2) is 0 Å². The minimum atomic E-state index is 0.440. The Labute approximate surface area is 109 Å². The number of hydrogen-bond donors (Lipinski definition) is 1. The number of rotatable bonds is 6. The molecule has 1 heterocycles. The van der Waals surface area contributed by atoms with Crippen LogP contribution in [0.1, 0.15) is 30.4 Å². The third-order valence-electron chi connectivity index (χ3n) is 3.56. The van der Waals surface area contributed by atoms with E-state index in [0.29, 0.717) is 12.0 Å². The number of furan rings is 1. The highest BCUT2D eigenvalue weighted by molar-refractivity contribution is 5.22. The zero-order valence-corrected chi connectivity index (χ0v) is 11.1. The van der Waals surface area contributed by atoms with Crippen molar-refractivity contribution in [3.63, 3.8) is 0 Å². The SMILES string of the molecule is CCC(c1ccccc1)C(Cc1ccoc1)NC.